The Balaban J connectivity index is 1.53. The van der Waals surface area contributed by atoms with Crippen LogP contribution in [0.4, 0.5) is 5.69 Å². The minimum atomic E-state index is -0.531. The van der Waals surface area contributed by atoms with Gasteiger partial charge in [-0.05, 0) is 35.9 Å². The van der Waals surface area contributed by atoms with Gasteiger partial charge in [-0.2, -0.15) is 0 Å². The Labute approximate surface area is 203 Å². The molecule has 1 heterocycles. The molecule has 170 valence electrons. The van der Waals surface area contributed by atoms with E-state index >= 15 is 0 Å². The number of anilines is 1. The fraction of sp³-hybridized carbons (Fsp3) is 0.231. The van der Waals surface area contributed by atoms with Crippen LogP contribution in [-0.2, 0) is 22.7 Å². The zero-order chi connectivity index (χ0) is 23.4. The predicted octanol–water partition coefficient (Wildman–Crippen LogP) is 5.31. The topological polar surface area (TPSA) is 58.6 Å². The fourth-order valence-corrected chi connectivity index (χ4v) is 5.36. The number of hydrogen-bond donors (Lipinski definition) is 1. The monoisotopic (exact) mass is 480 g/mol. The van der Waals surface area contributed by atoms with Crippen molar-refractivity contribution in [3.05, 3.63) is 88.9 Å². The van der Waals surface area contributed by atoms with E-state index in [-0.39, 0.29) is 11.8 Å². The van der Waals surface area contributed by atoms with Gasteiger partial charge in [0.25, 0.3) is 0 Å². The molecule has 0 aliphatic carbocycles. The molecule has 33 heavy (non-hydrogen) atoms. The molecule has 0 unspecified atom stereocenters. The number of ether oxygens (including phenoxy) is 1. The smallest absolute Gasteiger partial charge is 0.241 e. The van der Waals surface area contributed by atoms with E-state index < -0.39 is 11.2 Å². The fourth-order valence-electron chi connectivity index (χ4n) is 3.87. The normalized spacial score (nSPS) is 16.2. The summed E-state index contributed by atoms with van der Waals surface area (Å²) in [6, 6.07) is 22.8. The number of thioether (sulfide) groups is 1. The number of benzene rings is 3. The van der Waals surface area contributed by atoms with Gasteiger partial charge in [0.1, 0.15) is 11.0 Å². The quantitative estimate of drug-likeness (QED) is 0.498. The molecule has 0 bridgehead atoms. The lowest BCUT2D eigenvalue weighted by Crippen LogP contribution is -2.47. The van der Waals surface area contributed by atoms with E-state index in [2.05, 4.69) is 5.32 Å². The second-order valence-electron chi connectivity index (χ2n) is 7.88. The summed E-state index contributed by atoms with van der Waals surface area (Å²) in [6.45, 7) is 2.53. The van der Waals surface area contributed by atoms with Gasteiger partial charge >= 0.3 is 0 Å². The molecule has 0 fully saturated rings. The third-order valence-corrected chi connectivity index (χ3v) is 7.36. The first-order chi connectivity index (χ1) is 16.0. The van der Waals surface area contributed by atoms with Crippen molar-refractivity contribution in [3.63, 3.8) is 0 Å². The average Bonchev–Trinajstić information content (AvgIpc) is 2.84. The molecule has 4 rings (SSSR count). The molecule has 3 aromatic carbocycles. The van der Waals surface area contributed by atoms with E-state index in [1.54, 1.807) is 18.9 Å². The Morgan fingerprint density at radius 1 is 1.12 bits per heavy atom. The Morgan fingerprint density at radius 3 is 2.67 bits per heavy atom. The largest absolute Gasteiger partial charge is 0.496 e. The molecule has 3 aromatic rings. The summed E-state index contributed by atoms with van der Waals surface area (Å²) in [7, 11) is 1.60. The summed E-state index contributed by atoms with van der Waals surface area (Å²) in [5, 5.41) is 3.06. The summed E-state index contributed by atoms with van der Waals surface area (Å²) in [5.74, 6) is -0.0601. The molecule has 7 heteroatoms. The highest BCUT2D eigenvalue weighted by Crippen LogP contribution is 2.42. The van der Waals surface area contributed by atoms with Crippen LogP contribution in [0.1, 0.15) is 18.1 Å². The average molecular weight is 481 g/mol. The van der Waals surface area contributed by atoms with Gasteiger partial charge in [0.05, 0.1) is 25.3 Å². The molecular formula is C26H25ClN2O3S. The maximum atomic E-state index is 13.6. The molecule has 0 aromatic heterocycles. The van der Waals surface area contributed by atoms with Crippen molar-refractivity contribution in [2.75, 3.05) is 12.0 Å². The number of nitrogens with one attached hydrogen (secondary N) is 1. The molecule has 0 spiro atoms. The molecule has 5 nitrogen and oxygen atoms in total. The van der Waals surface area contributed by atoms with Crippen LogP contribution >= 0.6 is 23.4 Å². The summed E-state index contributed by atoms with van der Waals surface area (Å²) in [4.78, 5) is 29.3. The highest BCUT2D eigenvalue weighted by Gasteiger charge is 2.39. The molecule has 1 aliphatic heterocycles. The van der Waals surface area contributed by atoms with Crippen LogP contribution in [0.15, 0.2) is 77.7 Å². The summed E-state index contributed by atoms with van der Waals surface area (Å²) >= 11 is 7.60. The first-order valence-electron chi connectivity index (χ1n) is 10.7. The van der Waals surface area contributed by atoms with Gasteiger partial charge in [0.15, 0.2) is 0 Å². The standard InChI is InChI=1S/C26H25ClN2O3S/c1-17(25(30)28-15-19-9-3-5-12-22(19)32-2)24-26(31)29(16-18-8-7-10-20(27)14-18)21-11-4-6-13-23(21)33-24/h3-14,17,24H,15-16H2,1-2H3,(H,28,30)/t17-,24+/m0/s1. The Morgan fingerprint density at radius 2 is 1.88 bits per heavy atom. The number of halogens is 1. The molecule has 0 radical (unpaired) electrons. The van der Waals surface area contributed by atoms with E-state index in [4.69, 9.17) is 16.3 Å². The SMILES string of the molecule is COc1ccccc1CNC(=O)[C@@H](C)[C@H]1Sc2ccccc2N(Cc2cccc(Cl)c2)C1=O. The van der Waals surface area contributed by atoms with Crippen LogP contribution in [-0.4, -0.2) is 24.2 Å². The number of hydrogen-bond acceptors (Lipinski definition) is 4. The van der Waals surface area contributed by atoms with Crippen molar-refractivity contribution in [2.24, 2.45) is 5.92 Å². The van der Waals surface area contributed by atoms with Gasteiger partial charge in [0, 0.05) is 22.0 Å². The maximum absolute atomic E-state index is 13.6. The first-order valence-corrected chi connectivity index (χ1v) is 11.9. The van der Waals surface area contributed by atoms with Crippen molar-refractivity contribution in [1.82, 2.24) is 5.32 Å². The van der Waals surface area contributed by atoms with Gasteiger partial charge in [-0.1, -0.05) is 61.0 Å². The van der Waals surface area contributed by atoms with Crippen molar-refractivity contribution >= 4 is 40.9 Å². The van der Waals surface area contributed by atoms with E-state index in [9.17, 15) is 9.59 Å². The van der Waals surface area contributed by atoms with E-state index in [1.165, 1.54) is 11.8 Å². The lowest BCUT2D eigenvalue weighted by molar-refractivity contribution is -0.128. The van der Waals surface area contributed by atoms with Crippen LogP contribution in [0.2, 0.25) is 5.02 Å². The predicted molar refractivity (Wildman–Crippen MR) is 133 cm³/mol. The number of amides is 2. The second kappa shape index (κ2) is 10.3. The number of fused-ring (bicyclic) bond motifs is 1. The number of carbonyl (C=O) groups excluding carboxylic acids is 2. The van der Waals surface area contributed by atoms with E-state index in [0.29, 0.717) is 18.1 Å². The van der Waals surface area contributed by atoms with E-state index in [1.807, 2.05) is 72.8 Å². The van der Waals surface area contributed by atoms with Crippen LogP contribution in [0.3, 0.4) is 0 Å². The van der Waals surface area contributed by atoms with E-state index in [0.717, 1.165) is 27.5 Å². The van der Waals surface area contributed by atoms with Gasteiger partial charge < -0.3 is 15.0 Å². The maximum Gasteiger partial charge on any atom is 0.241 e. The summed E-state index contributed by atoms with van der Waals surface area (Å²) in [6.07, 6.45) is 0. The van der Waals surface area contributed by atoms with Crippen molar-refractivity contribution < 1.29 is 14.3 Å². The number of carbonyl (C=O) groups is 2. The van der Waals surface area contributed by atoms with Gasteiger partial charge in [0.2, 0.25) is 11.8 Å². The number of nitrogens with zero attached hydrogens (tertiary/aromatic N) is 1. The van der Waals surface area contributed by atoms with Gasteiger partial charge in [-0.3, -0.25) is 9.59 Å². The molecule has 1 aliphatic rings. The van der Waals surface area contributed by atoms with Crippen molar-refractivity contribution in [3.8, 4) is 5.75 Å². The lowest BCUT2D eigenvalue weighted by Gasteiger charge is -2.35. The van der Waals surface area contributed by atoms with Crippen LogP contribution in [0.5, 0.6) is 5.75 Å². The molecule has 0 saturated heterocycles. The number of para-hydroxylation sites is 2. The molecular weight excluding hydrogens is 456 g/mol. The minimum Gasteiger partial charge on any atom is -0.496 e. The third-order valence-electron chi connectivity index (χ3n) is 5.66. The molecule has 2 amide bonds. The van der Waals surface area contributed by atoms with Crippen molar-refractivity contribution in [2.45, 2.75) is 30.2 Å². The van der Waals surface area contributed by atoms with Crippen LogP contribution in [0.25, 0.3) is 0 Å². The first kappa shape index (κ1) is 23.2. The van der Waals surface area contributed by atoms with Crippen LogP contribution < -0.4 is 15.0 Å². The summed E-state index contributed by atoms with van der Waals surface area (Å²) < 4.78 is 5.36. The number of methoxy groups -OCH3 is 1. The number of rotatable bonds is 7. The van der Waals surface area contributed by atoms with Crippen molar-refractivity contribution in [1.29, 1.82) is 0 Å². The Kier molecular flexibility index (Phi) is 7.26. The molecule has 1 N–H and O–H groups in total. The lowest BCUT2D eigenvalue weighted by atomic mass is 10.0. The highest BCUT2D eigenvalue weighted by molar-refractivity contribution is 8.01. The Bertz CT molecular complexity index is 1170. The second-order valence-corrected chi connectivity index (χ2v) is 9.50. The molecule has 0 saturated carbocycles. The highest BCUT2D eigenvalue weighted by atomic mass is 35.5. The zero-order valence-electron chi connectivity index (χ0n) is 18.5. The van der Waals surface area contributed by atoms with Gasteiger partial charge in [-0.15, -0.1) is 11.8 Å². The zero-order valence-corrected chi connectivity index (χ0v) is 20.0. The third kappa shape index (κ3) is 5.18. The van der Waals surface area contributed by atoms with Gasteiger partial charge in [-0.25, -0.2) is 0 Å². The minimum absolute atomic E-state index is 0.0846. The summed E-state index contributed by atoms with van der Waals surface area (Å²) in [5.41, 5.74) is 2.67. The Hall–Kier alpha value is -2.96. The van der Waals surface area contributed by atoms with Crippen LogP contribution in [0, 0.1) is 5.92 Å². The molecule has 2 atom stereocenters.